The lowest BCUT2D eigenvalue weighted by Gasteiger charge is -2.04. The van der Waals surface area contributed by atoms with Crippen LogP contribution in [0.25, 0.3) is 44.6 Å². The van der Waals surface area contributed by atoms with Gasteiger partial charge in [-0.25, -0.2) is 9.97 Å². The minimum Gasteiger partial charge on any atom is -0.491 e. The first kappa shape index (κ1) is 27.8. The Morgan fingerprint density at radius 3 is 1.48 bits per heavy atom. The lowest BCUT2D eigenvalue weighted by molar-refractivity contribution is 0.547. The molecule has 0 spiro atoms. The molecule has 14 nitrogen and oxygen atoms in total. The van der Waals surface area contributed by atoms with Crippen molar-refractivity contribution in [1.82, 2.24) is 40.3 Å². The van der Waals surface area contributed by atoms with Crippen LogP contribution < -0.4 is 0 Å². The van der Waals surface area contributed by atoms with Gasteiger partial charge in [0.2, 0.25) is 0 Å². The molecule has 4 N–H and O–H groups in total. The predicted octanol–water partition coefficient (Wildman–Crippen LogP) is 5.03. The van der Waals surface area contributed by atoms with Crippen LogP contribution >= 0.6 is 0 Å². The van der Waals surface area contributed by atoms with E-state index in [1.54, 1.807) is 36.7 Å². The van der Waals surface area contributed by atoms with Crippen molar-refractivity contribution in [2.75, 3.05) is 0 Å². The minimum atomic E-state index is -0.360. The molecule has 0 saturated carbocycles. The Kier molecular flexibility index (Phi) is 7.47. The third-order valence-corrected chi connectivity index (χ3v) is 6.74. The van der Waals surface area contributed by atoms with Gasteiger partial charge in [-0.15, -0.1) is 10.2 Å². The molecule has 0 aliphatic heterocycles. The summed E-state index contributed by atoms with van der Waals surface area (Å²) >= 11 is 0. The maximum absolute atomic E-state index is 10.4. The zero-order valence-corrected chi connectivity index (χ0v) is 23.8. The highest BCUT2D eigenvalue weighted by molar-refractivity contribution is 6.04. The van der Waals surface area contributed by atoms with Crippen LogP contribution in [0.4, 0.5) is 0 Å². The zero-order valence-electron chi connectivity index (χ0n) is 23.8. The molecule has 46 heavy (non-hydrogen) atoms. The summed E-state index contributed by atoms with van der Waals surface area (Å²) in [7, 11) is 0. The van der Waals surface area contributed by atoms with E-state index >= 15 is 0 Å². The lowest BCUT2D eigenvalue weighted by Crippen LogP contribution is -1.99. The Labute approximate surface area is 259 Å². The van der Waals surface area contributed by atoms with Crippen LogP contribution in [-0.4, -0.2) is 74.8 Å². The van der Waals surface area contributed by atoms with Gasteiger partial charge in [-0.3, -0.25) is 20.2 Å². The smallest absolute Gasteiger partial charge is 0.259 e. The second-order valence-corrected chi connectivity index (χ2v) is 9.78. The Morgan fingerprint density at radius 1 is 0.587 bits per heavy atom. The Hall–Kier alpha value is -6.96. The first-order valence-corrected chi connectivity index (χ1v) is 13.9. The molecule has 0 aliphatic rings. The van der Waals surface area contributed by atoms with Gasteiger partial charge in [0.05, 0.1) is 57.6 Å². The van der Waals surface area contributed by atoms with E-state index in [4.69, 9.17) is 9.97 Å². The fourth-order valence-electron chi connectivity index (χ4n) is 4.51. The molecule has 7 rings (SSSR count). The van der Waals surface area contributed by atoms with E-state index in [-0.39, 0.29) is 23.2 Å². The summed E-state index contributed by atoms with van der Waals surface area (Å²) in [4.78, 5) is 17.9. The Bertz CT molecular complexity index is 2130. The van der Waals surface area contributed by atoms with Gasteiger partial charge in [0.25, 0.3) is 11.8 Å². The summed E-state index contributed by atoms with van der Waals surface area (Å²) in [6.07, 6.45) is 6.19. The fourth-order valence-corrected chi connectivity index (χ4v) is 4.51. The van der Waals surface area contributed by atoms with Crippen molar-refractivity contribution in [3.8, 4) is 22.8 Å². The van der Waals surface area contributed by atoms with E-state index in [2.05, 4.69) is 50.8 Å². The topological polar surface area (TPSA) is 199 Å². The Balaban J connectivity index is 1.10. The monoisotopic (exact) mass is 606 g/mol. The van der Waals surface area contributed by atoms with Crippen LogP contribution in [0.15, 0.2) is 118 Å². The number of hydrogen-bond donors (Lipinski definition) is 4. The van der Waals surface area contributed by atoms with E-state index in [0.29, 0.717) is 45.2 Å². The Morgan fingerprint density at radius 2 is 1.04 bits per heavy atom. The number of H-pyrrole nitrogens is 2. The molecule has 1 aromatic carbocycles. The van der Waals surface area contributed by atoms with Crippen molar-refractivity contribution < 1.29 is 10.2 Å². The second-order valence-electron chi connectivity index (χ2n) is 9.78. The van der Waals surface area contributed by atoms with Gasteiger partial charge in [-0.05, 0) is 48.5 Å². The number of aromatic nitrogens is 8. The van der Waals surface area contributed by atoms with Gasteiger partial charge in [-0.1, -0.05) is 36.4 Å². The highest BCUT2D eigenvalue weighted by atomic mass is 16.3. The van der Waals surface area contributed by atoms with Crippen LogP contribution in [0.2, 0.25) is 0 Å². The number of aliphatic hydroxyl groups excluding tert-OH is 2. The molecule has 6 aromatic heterocycles. The van der Waals surface area contributed by atoms with Crippen LogP contribution in [0.5, 0.6) is 0 Å². The summed E-state index contributed by atoms with van der Waals surface area (Å²) in [5.74, 6) is -0.720. The second kappa shape index (κ2) is 12.3. The van der Waals surface area contributed by atoms with E-state index in [9.17, 15) is 10.2 Å². The third kappa shape index (κ3) is 5.93. The molecule has 0 fully saturated rings. The number of fused-ring (bicyclic) bond motifs is 3. The van der Waals surface area contributed by atoms with Crippen LogP contribution in [0.3, 0.4) is 0 Å². The molecule has 0 bridgehead atoms. The molecule has 0 unspecified atom stereocenters. The first-order valence-electron chi connectivity index (χ1n) is 13.9. The van der Waals surface area contributed by atoms with E-state index < -0.39 is 0 Å². The number of nitrogens with one attached hydrogen (secondary N) is 2. The van der Waals surface area contributed by atoms with Crippen molar-refractivity contribution in [3.05, 3.63) is 120 Å². The number of rotatable bonds is 8. The van der Waals surface area contributed by atoms with Crippen molar-refractivity contribution in [2.45, 2.75) is 0 Å². The number of pyridine rings is 4. The van der Waals surface area contributed by atoms with Crippen molar-refractivity contribution in [1.29, 1.82) is 0 Å². The summed E-state index contributed by atoms with van der Waals surface area (Å²) in [6.45, 7) is 0. The molecule has 7 aromatic rings. The lowest BCUT2D eigenvalue weighted by atomic mass is 10.1. The molecular weight excluding hydrogens is 584 g/mol. The zero-order chi connectivity index (χ0) is 31.3. The molecule has 0 saturated heterocycles. The van der Waals surface area contributed by atoms with Gasteiger partial charge in [-0.2, -0.15) is 20.4 Å². The largest absolute Gasteiger partial charge is 0.491 e. The van der Waals surface area contributed by atoms with Gasteiger partial charge >= 0.3 is 0 Å². The molecule has 14 heteroatoms. The predicted molar refractivity (Wildman–Crippen MR) is 174 cm³/mol. The van der Waals surface area contributed by atoms with Gasteiger partial charge in [0, 0.05) is 23.2 Å². The SMILES string of the molecule is O/C(=N\N=Cc1ccc2ccc3ccc(/C=N/N=C(\O)c4cc(-c5ccccn5)[nH]n4)nc3c2n1)c1cc(-c2ccccn2)[nH]n1. The van der Waals surface area contributed by atoms with E-state index in [0.717, 1.165) is 10.8 Å². The number of aliphatic hydroxyl groups is 2. The normalized spacial score (nSPS) is 12.6. The summed E-state index contributed by atoms with van der Waals surface area (Å²) in [5, 5.41) is 52.0. The molecule has 0 aliphatic carbocycles. The molecular formula is C32H22N12O2. The quantitative estimate of drug-likeness (QED) is 0.0798. The van der Waals surface area contributed by atoms with Crippen LogP contribution in [-0.2, 0) is 0 Å². The number of hydrogen-bond acceptors (Lipinski definition) is 10. The van der Waals surface area contributed by atoms with Crippen molar-refractivity contribution >= 4 is 46.0 Å². The minimum absolute atomic E-state index is 0.227. The fraction of sp³-hybridized carbons (Fsp3) is 0. The average Bonchev–Trinajstić information content (AvgIpc) is 3.81. The molecule has 222 valence electrons. The van der Waals surface area contributed by atoms with E-state index in [1.165, 1.54) is 12.4 Å². The highest BCUT2D eigenvalue weighted by Crippen LogP contribution is 2.23. The average molecular weight is 607 g/mol. The number of nitrogens with zero attached hydrogens (tertiary/aromatic N) is 10. The maximum Gasteiger partial charge on any atom is 0.259 e. The van der Waals surface area contributed by atoms with E-state index in [1.807, 2.05) is 60.7 Å². The highest BCUT2D eigenvalue weighted by Gasteiger charge is 2.11. The van der Waals surface area contributed by atoms with Gasteiger partial charge in [0.1, 0.15) is 11.4 Å². The molecule has 0 atom stereocenters. The molecule has 0 amide bonds. The van der Waals surface area contributed by atoms with Crippen LogP contribution in [0, 0.1) is 0 Å². The number of aromatic amines is 2. The van der Waals surface area contributed by atoms with Gasteiger partial charge < -0.3 is 10.2 Å². The van der Waals surface area contributed by atoms with Crippen LogP contribution in [0.1, 0.15) is 22.8 Å². The van der Waals surface area contributed by atoms with Crippen molar-refractivity contribution in [2.24, 2.45) is 20.4 Å². The van der Waals surface area contributed by atoms with Gasteiger partial charge in [0.15, 0.2) is 0 Å². The summed E-state index contributed by atoms with van der Waals surface area (Å²) in [5.41, 5.74) is 5.39. The molecule has 0 radical (unpaired) electrons. The third-order valence-electron chi connectivity index (χ3n) is 6.74. The molecule has 6 heterocycles. The van der Waals surface area contributed by atoms with Crippen molar-refractivity contribution in [3.63, 3.8) is 0 Å². The summed E-state index contributed by atoms with van der Waals surface area (Å²) in [6, 6.07) is 25.5. The standard InChI is InChI=1S/C32H22N12O2/c45-31(27-15-25(39-41-27)23-5-1-3-13-33-23)43-35-17-21-11-9-19-7-8-20-10-12-22(38-30(20)29(19)37-21)18-36-44-32(46)28-16-26(40-42-28)24-6-2-4-14-34-24/h1-18H,(H,39,41)(H,40,42)(H,43,45)(H,44,46)/b35-17+,36-18?. The number of benzene rings is 1. The summed E-state index contributed by atoms with van der Waals surface area (Å²) < 4.78 is 0. The maximum atomic E-state index is 10.4. The first-order chi connectivity index (χ1) is 22.6.